The van der Waals surface area contributed by atoms with E-state index in [4.69, 9.17) is 9.72 Å². The monoisotopic (exact) mass is 332 g/mol. The van der Waals surface area contributed by atoms with Gasteiger partial charge in [0.25, 0.3) is 5.91 Å². The Morgan fingerprint density at radius 1 is 1.04 bits per heavy atom. The minimum absolute atomic E-state index is 0.0827. The number of amides is 1. The van der Waals surface area contributed by atoms with Gasteiger partial charge in [-0.3, -0.25) is 9.78 Å². The van der Waals surface area contributed by atoms with Gasteiger partial charge >= 0.3 is 0 Å². The van der Waals surface area contributed by atoms with Gasteiger partial charge in [-0.15, -0.1) is 0 Å². The van der Waals surface area contributed by atoms with E-state index in [9.17, 15) is 4.79 Å². The number of nitrogens with one attached hydrogen (secondary N) is 1. The first-order valence-corrected chi connectivity index (χ1v) is 8.54. The molecule has 0 radical (unpaired) electrons. The molecule has 2 atom stereocenters. The third-order valence-electron chi connectivity index (χ3n) is 5.00. The Labute approximate surface area is 146 Å². The molecule has 0 bridgehead atoms. The molecule has 3 aromatic rings. The van der Waals surface area contributed by atoms with Crippen LogP contribution in [0.3, 0.4) is 0 Å². The highest BCUT2D eigenvalue weighted by Crippen LogP contribution is 2.36. The number of hydrogen-bond donors (Lipinski definition) is 1. The second-order valence-electron chi connectivity index (χ2n) is 6.60. The van der Waals surface area contributed by atoms with Crippen LogP contribution < -0.4 is 10.1 Å². The zero-order valence-corrected chi connectivity index (χ0v) is 14.3. The molecule has 1 unspecified atom stereocenters. The molecule has 126 valence electrons. The number of fused-ring (bicyclic) bond motifs is 2. The van der Waals surface area contributed by atoms with E-state index in [0.717, 1.165) is 33.6 Å². The van der Waals surface area contributed by atoms with E-state index in [1.165, 1.54) is 0 Å². The third-order valence-corrected chi connectivity index (χ3v) is 5.00. The molecule has 1 aliphatic heterocycles. The molecule has 0 fully saturated rings. The summed E-state index contributed by atoms with van der Waals surface area (Å²) in [5, 5.41) is 4.03. The topological polar surface area (TPSA) is 51.2 Å². The van der Waals surface area contributed by atoms with Gasteiger partial charge in [-0.25, -0.2) is 0 Å². The number of carbonyl (C=O) groups is 1. The smallest absolute Gasteiger partial charge is 0.262 e. The number of carbonyl (C=O) groups excluding carboxylic acids is 1. The van der Waals surface area contributed by atoms with Gasteiger partial charge in [0.2, 0.25) is 0 Å². The predicted octanol–water partition coefficient (Wildman–Crippen LogP) is 4.47. The van der Waals surface area contributed by atoms with E-state index in [2.05, 4.69) is 43.4 Å². The van der Waals surface area contributed by atoms with Crippen LogP contribution in [0.15, 0.2) is 54.6 Å². The van der Waals surface area contributed by atoms with E-state index < -0.39 is 0 Å². The zero-order valence-electron chi connectivity index (χ0n) is 14.3. The van der Waals surface area contributed by atoms with Crippen molar-refractivity contribution in [1.29, 1.82) is 0 Å². The standard InChI is InChI=1S/C21H20N2O2/c1-13(16-8-10-20-19(11-16)23-21(24)12-25-20)14(2)17-9-7-15-5-3-4-6-18(15)22-17/h3-11,13-14H,12H2,1-2H3,(H,23,24)/t13-,14?/m0/s1. The minimum atomic E-state index is -0.110. The summed E-state index contributed by atoms with van der Waals surface area (Å²) in [4.78, 5) is 16.4. The number of nitrogens with zero attached hydrogens (tertiary/aromatic N) is 1. The fraction of sp³-hybridized carbons (Fsp3) is 0.238. The maximum Gasteiger partial charge on any atom is 0.262 e. The first kappa shape index (κ1) is 15.6. The van der Waals surface area contributed by atoms with Crippen LogP contribution in [0.2, 0.25) is 0 Å². The van der Waals surface area contributed by atoms with Crippen LogP contribution in [0.5, 0.6) is 5.75 Å². The Morgan fingerprint density at radius 2 is 1.88 bits per heavy atom. The lowest BCUT2D eigenvalue weighted by Gasteiger charge is -2.23. The zero-order chi connectivity index (χ0) is 17.4. The Hall–Kier alpha value is -2.88. The lowest BCUT2D eigenvalue weighted by molar-refractivity contribution is -0.118. The minimum Gasteiger partial charge on any atom is -0.482 e. The molecule has 2 aromatic carbocycles. The molecule has 1 amide bonds. The Kier molecular flexibility index (Phi) is 3.88. The number of ether oxygens (including phenoxy) is 1. The lowest BCUT2D eigenvalue weighted by atomic mass is 9.86. The van der Waals surface area contributed by atoms with Gasteiger partial charge < -0.3 is 10.1 Å². The summed E-state index contributed by atoms with van der Waals surface area (Å²) in [6.45, 7) is 4.46. The van der Waals surface area contributed by atoms with Gasteiger partial charge in [0, 0.05) is 17.0 Å². The number of aromatic nitrogens is 1. The highest BCUT2D eigenvalue weighted by atomic mass is 16.5. The van der Waals surface area contributed by atoms with Gasteiger partial charge in [0.05, 0.1) is 11.2 Å². The normalized spacial score (nSPS) is 15.8. The van der Waals surface area contributed by atoms with Crippen molar-refractivity contribution in [2.75, 3.05) is 11.9 Å². The van der Waals surface area contributed by atoms with Crippen LogP contribution in [0.1, 0.15) is 36.9 Å². The van der Waals surface area contributed by atoms with Gasteiger partial charge in [0.1, 0.15) is 5.75 Å². The lowest BCUT2D eigenvalue weighted by Crippen LogP contribution is -2.25. The first-order chi connectivity index (χ1) is 12.1. The highest BCUT2D eigenvalue weighted by molar-refractivity contribution is 5.95. The van der Waals surface area contributed by atoms with Crippen LogP contribution in [-0.4, -0.2) is 17.5 Å². The summed E-state index contributed by atoms with van der Waals surface area (Å²) in [7, 11) is 0. The van der Waals surface area contributed by atoms with Crippen molar-refractivity contribution in [2.24, 2.45) is 0 Å². The molecule has 1 aromatic heterocycles. The van der Waals surface area contributed by atoms with Crippen LogP contribution in [-0.2, 0) is 4.79 Å². The van der Waals surface area contributed by atoms with Gasteiger partial charge in [-0.2, -0.15) is 0 Å². The van der Waals surface area contributed by atoms with E-state index in [1.54, 1.807) is 0 Å². The SMILES string of the molecule is CC(c1ccc2ccccc2n1)[C@H](C)c1ccc2c(c1)NC(=O)CO2. The van der Waals surface area contributed by atoms with E-state index in [-0.39, 0.29) is 24.3 Å². The summed E-state index contributed by atoms with van der Waals surface area (Å²) >= 11 is 0. The molecule has 2 heterocycles. The fourth-order valence-electron chi connectivity index (χ4n) is 3.26. The van der Waals surface area contributed by atoms with Crippen LogP contribution in [0, 0.1) is 0 Å². The predicted molar refractivity (Wildman–Crippen MR) is 99.1 cm³/mol. The Morgan fingerprint density at radius 3 is 2.76 bits per heavy atom. The van der Waals surface area contributed by atoms with Crippen LogP contribution in [0.25, 0.3) is 10.9 Å². The van der Waals surface area contributed by atoms with Gasteiger partial charge in [-0.1, -0.05) is 44.2 Å². The Balaban J connectivity index is 1.64. The quantitative estimate of drug-likeness (QED) is 0.770. The van der Waals surface area contributed by atoms with Crippen molar-refractivity contribution in [3.8, 4) is 5.75 Å². The summed E-state index contributed by atoms with van der Waals surface area (Å²) in [6.07, 6.45) is 0. The maximum atomic E-state index is 11.5. The molecule has 0 aliphatic carbocycles. The molecular weight excluding hydrogens is 312 g/mol. The van der Waals surface area contributed by atoms with E-state index in [1.807, 2.05) is 30.3 Å². The van der Waals surface area contributed by atoms with Gasteiger partial charge in [-0.05, 0) is 35.7 Å². The third kappa shape index (κ3) is 2.95. The number of hydrogen-bond acceptors (Lipinski definition) is 3. The average molecular weight is 332 g/mol. The molecule has 1 N–H and O–H groups in total. The Bertz CT molecular complexity index is 952. The molecule has 1 aliphatic rings. The van der Waals surface area contributed by atoms with Gasteiger partial charge in [0.15, 0.2) is 6.61 Å². The van der Waals surface area contributed by atoms with Crippen molar-refractivity contribution in [1.82, 2.24) is 4.98 Å². The van der Waals surface area contributed by atoms with Crippen LogP contribution in [0.4, 0.5) is 5.69 Å². The summed E-state index contributed by atoms with van der Waals surface area (Å²) < 4.78 is 5.44. The molecule has 4 rings (SSSR count). The van der Waals surface area contributed by atoms with E-state index in [0.29, 0.717) is 0 Å². The molecule has 4 heteroatoms. The second-order valence-corrected chi connectivity index (χ2v) is 6.60. The van der Waals surface area contributed by atoms with Crippen molar-refractivity contribution < 1.29 is 9.53 Å². The largest absolute Gasteiger partial charge is 0.482 e. The molecular formula is C21H20N2O2. The van der Waals surface area contributed by atoms with Crippen molar-refractivity contribution in [3.05, 3.63) is 65.9 Å². The molecule has 4 nitrogen and oxygen atoms in total. The maximum absolute atomic E-state index is 11.5. The fourth-order valence-corrected chi connectivity index (χ4v) is 3.26. The van der Waals surface area contributed by atoms with E-state index >= 15 is 0 Å². The number of anilines is 1. The number of para-hydroxylation sites is 1. The first-order valence-electron chi connectivity index (χ1n) is 8.54. The highest BCUT2D eigenvalue weighted by Gasteiger charge is 2.21. The van der Waals surface area contributed by atoms with Crippen LogP contribution >= 0.6 is 0 Å². The number of benzene rings is 2. The van der Waals surface area contributed by atoms with Crippen molar-refractivity contribution in [2.45, 2.75) is 25.7 Å². The summed E-state index contributed by atoms with van der Waals surface area (Å²) in [5.74, 6) is 1.13. The summed E-state index contributed by atoms with van der Waals surface area (Å²) in [5.41, 5.74) is 4.00. The molecule has 0 spiro atoms. The van der Waals surface area contributed by atoms with Crippen molar-refractivity contribution in [3.63, 3.8) is 0 Å². The second kappa shape index (κ2) is 6.20. The van der Waals surface area contributed by atoms with Crippen molar-refractivity contribution >= 4 is 22.5 Å². The molecule has 25 heavy (non-hydrogen) atoms. The number of pyridine rings is 1. The molecule has 0 saturated heterocycles. The molecule has 0 saturated carbocycles. The summed E-state index contributed by atoms with van der Waals surface area (Å²) in [6, 6.07) is 18.4. The average Bonchev–Trinajstić information content (AvgIpc) is 2.65. The number of rotatable bonds is 3.